The smallest absolute Gasteiger partial charge is 0.358 e. The number of thiazole rings is 1. The number of nitrogens with one attached hydrogen (secondary N) is 2. The van der Waals surface area contributed by atoms with E-state index in [0.29, 0.717) is 15.0 Å². The lowest BCUT2D eigenvalue weighted by Crippen LogP contribution is -2.35. The van der Waals surface area contributed by atoms with Crippen molar-refractivity contribution in [1.82, 2.24) is 10.3 Å². The van der Waals surface area contributed by atoms with Crippen molar-refractivity contribution < 1.29 is 14.3 Å². The lowest BCUT2D eigenvalue weighted by molar-refractivity contribution is -0.119. The number of aromatic nitrogens is 1. The third-order valence-electron chi connectivity index (χ3n) is 3.02. The molecule has 0 aliphatic carbocycles. The fourth-order valence-corrected chi connectivity index (χ4v) is 3.13. The van der Waals surface area contributed by atoms with E-state index in [0.717, 1.165) is 5.56 Å². The molecule has 1 amide bonds. The van der Waals surface area contributed by atoms with Crippen LogP contribution in [0.3, 0.4) is 0 Å². The van der Waals surface area contributed by atoms with Crippen LogP contribution in [0.15, 0.2) is 24.3 Å². The monoisotopic (exact) mass is 397 g/mol. The summed E-state index contributed by atoms with van der Waals surface area (Å²) in [4.78, 5) is 28.6. The van der Waals surface area contributed by atoms with E-state index in [2.05, 4.69) is 15.6 Å². The molecule has 9 heteroatoms. The van der Waals surface area contributed by atoms with Crippen LogP contribution in [0.2, 0.25) is 5.02 Å². The predicted molar refractivity (Wildman–Crippen MR) is 102 cm³/mol. The first-order chi connectivity index (χ1) is 11.9. The Morgan fingerprint density at radius 3 is 2.64 bits per heavy atom. The van der Waals surface area contributed by atoms with E-state index in [4.69, 9.17) is 28.6 Å². The molecule has 1 heterocycles. The highest BCUT2D eigenvalue weighted by Gasteiger charge is 2.17. The number of carbonyl (C=O) groups excluding carboxylic acids is 2. The Balaban J connectivity index is 1.91. The first-order valence-corrected chi connectivity index (χ1v) is 8.99. The molecular formula is C16H16ClN3O3S2. The van der Waals surface area contributed by atoms with Gasteiger partial charge < -0.3 is 15.4 Å². The predicted octanol–water partition coefficient (Wildman–Crippen LogP) is 3.34. The third-order valence-corrected chi connectivity index (χ3v) is 4.36. The number of carbonyl (C=O) groups is 2. The lowest BCUT2D eigenvalue weighted by atomic mass is 10.1. The summed E-state index contributed by atoms with van der Waals surface area (Å²) in [5.74, 6) is -0.749. The second-order valence-electron chi connectivity index (χ2n) is 4.95. The molecule has 2 rings (SSSR count). The largest absolute Gasteiger partial charge is 0.461 e. The fourth-order valence-electron chi connectivity index (χ4n) is 1.93. The molecular weight excluding hydrogens is 382 g/mol. The van der Waals surface area contributed by atoms with Crippen LogP contribution < -0.4 is 10.6 Å². The first-order valence-electron chi connectivity index (χ1n) is 7.39. The van der Waals surface area contributed by atoms with Crippen LogP contribution in [-0.2, 0) is 16.0 Å². The molecule has 1 aromatic heterocycles. The van der Waals surface area contributed by atoms with E-state index in [1.54, 1.807) is 38.1 Å². The molecule has 0 unspecified atom stereocenters. The molecule has 0 radical (unpaired) electrons. The minimum atomic E-state index is -0.484. The quantitative estimate of drug-likeness (QED) is 0.595. The van der Waals surface area contributed by atoms with Gasteiger partial charge in [0.05, 0.1) is 13.0 Å². The molecule has 132 valence electrons. The van der Waals surface area contributed by atoms with Gasteiger partial charge in [0.2, 0.25) is 5.91 Å². The Bertz CT molecular complexity index is 790. The number of amides is 1. The summed E-state index contributed by atoms with van der Waals surface area (Å²) in [6.45, 7) is 3.76. The Morgan fingerprint density at radius 2 is 2.00 bits per heavy atom. The maximum atomic E-state index is 12.0. The second-order valence-corrected chi connectivity index (χ2v) is 7.00. The highest BCUT2D eigenvalue weighted by molar-refractivity contribution is 7.80. The second kappa shape index (κ2) is 8.89. The van der Waals surface area contributed by atoms with Crippen LogP contribution in [0.25, 0.3) is 0 Å². The van der Waals surface area contributed by atoms with Gasteiger partial charge in [-0.1, -0.05) is 23.7 Å². The summed E-state index contributed by atoms with van der Waals surface area (Å²) in [6, 6.07) is 6.98. The van der Waals surface area contributed by atoms with Gasteiger partial charge in [0, 0.05) is 9.90 Å². The zero-order valence-electron chi connectivity index (χ0n) is 13.6. The van der Waals surface area contributed by atoms with Gasteiger partial charge in [-0.3, -0.25) is 4.79 Å². The normalized spacial score (nSPS) is 10.2. The average molecular weight is 398 g/mol. The van der Waals surface area contributed by atoms with Crippen LogP contribution >= 0.6 is 35.2 Å². The molecule has 0 spiro atoms. The summed E-state index contributed by atoms with van der Waals surface area (Å²) in [5.41, 5.74) is 1.06. The van der Waals surface area contributed by atoms with E-state index in [1.807, 2.05) is 0 Å². The molecule has 0 atom stereocenters. The number of benzene rings is 1. The third kappa shape index (κ3) is 5.77. The molecule has 0 saturated carbocycles. The number of aryl methyl sites for hydroxylation is 1. The van der Waals surface area contributed by atoms with Crippen molar-refractivity contribution >= 4 is 57.3 Å². The van der Waals surface area contributed by atoms with Gasteiger partial charge in [0.25, 0.3) is 0 Å². The van der Waals surface area contributed by atoms with Crippen molar-refractivity contribution in [3.63, 3.8) is 0 Å². The van der Waals surface area contributed by atoms with Crippen molar-refractivity contribution in [3.8, 4) is 0 Å². The van der Waals surface area contributed by atoms with Crippen molar-refractivity contribution in [1.29, 1.82) is 0 Å². The van der Waals surface area contributed by atoms with Crippen LogP contribution in [0.1, 0.15) is 27.9 Å². The van der Waals surface area contributed by atoms with Gasteiger partial charge in [-0.25, -0.2) is 9.78 Å². The lowest BCUT2D eigenvalue weighted by Gasteiger charge is -2.07. The van der Waals surface area contributed by atoms with Gasteiger partial charge in [0.1, 0.15) is 0 Å². The maximum absolute atomic E-state index is 12.0. The molecule has 6 nitrogen and oxygen atoms in total. The van der Waals surface area contributed by atoms with Gasteiger partial charge in [-0.2, -0.15) is 0 Å². The maximum Gasteiger partial charge on any atom is 0.358 e. The Labute approximate surface area is 159 Å². The molecule has 0 fully saturated rings. The summed E-state index contributed by atoms with van der Waals surface area (Å²) in [7, 11) is 0. The Morgan fingerprint density at radius 1 is 1.32 bits per heavy atom. The van der Waals surface area contributed by atoms with Crippen molar-refractivity contribution in [3.05, 3.63) is 45.4 Å². The standard InChI is InChI=1S/C16H16ClN3O3S2/c1-3-23-14(22)13-9(2)25-16(19-13)20-15(24)18-12(21)8-10-4-6-11(17)7-5-10/h4-7H,3,8H2,1-2H3,(H2,18,19,20,21,24). The van der Waals surface area contributed by atoms with E-state index in [1.165, 1.54) is 11.3 Å². The number of ether oxygens (including phenoxy) is 1. The molecule has 0 aliphatic heterocycles. The Kier molecular flexibility index (Phi) is 6.86. The molecule has 0 aliphatic rings. The van der Waals surface area contributed by atoms with Gasteiger partial charge >= 0.3 is 5.97 Å². The van der Waals surface area contributed by atoms with E-state index < -0.39 is 5.97 Å². The minimum absolute atomic E-state index is 0.114. The summed E-state index contributed by atoms with van der Waals surface area (Å²) >= 11 is 12.2. The average Bonchev–Trinajstić information content (AvgIpc) is 2.90. The van der Waals surface area contributed by atoms with E-state index in [9.17, 15) is 9.59 Å². The van der Waals surface area contributed by atoms with Gasteiger partial charge in [-0.15, -0.1) is 11.3 Å². The van der Waals surface area contributed by atoms with E-state index in [-0.39, 0.29) is 29.7 Å². The molecule has 2 N–H and O–H groups in total. The number of anilines is 1. The number of thiocarbonyl (C=S) groups is 1. The topological polar surface area (TPSA) is 80.3 Å². The van der Waals surface area contributed by atoms with Crippen LogP contribution in [0.5, 0.6) is 0 Å². The number of nitrogens with zero attached hydrogens (tertiary/aromatic N) is 1. The van der Waals surface area contributed by atoms with Crippen molar-refractivity contribution in [2.45, 2.75) is 20.3 Å². The SMILES string of the molecule is CCOC(=O)c1nc(NC(=S)NC(=O)Cc2ccc(Cl)cc2)sc1C. The fraction of sp³-hybridized carbons (Fsp3) is 0.250. The molecule has 25 heavy (non-hydrogen) atoms. The van der Waals surface area contributed by atoms with Gasteiger partial charge in [-0.05, 0) is 43.8 Å². The van der Waals surface area contributed by atoms with Crippen molar-refractivity contribution in [2.75, 3.05) is 11.9 Å². The molecule has 2 aromatic rings. The highest BCUT2D eigenvalue weighted by atomic mass is 35.5. The number of halogens is 1. The first kappa shape index (κ1) is 19.3. The zero-order valence-corrected chi connectivity index (χ0v) is 16.0. The minimum Gasteiger partial charge on any atom is -0.461 e. The number of rotatable bonds is 5. The highest BCUT2D eigenvalue weighted by Crippen LogP contribution is 2.22. The van der Waals surface area contributed by atoms with Crippen molar-refractivity contribution in [2.24, 2.45) is 0 Å². The van der Waals surface area contributed by atoms with Crippen LogP contribution in [0, 0.1) is 6.92 Å². The zero-order chi connectivity index (χ0) is 18.4. The molecule has 1 aromatic carbocycles. The number of esters is 1. The molecule has 0 saturated heterocycles. The van der Waals surface area contributed by atoms with Crippen LogP contribution in [-0.4, -0.2) is 28.6 Å². The summed E-state index contributed by atoms with van der Waals surface area (Å²) in [6.07, 6.45) is 0.171. The van der Waals surface area contributed by atoms with Crippen LogP contribution in [0.4, 0.5) is 5.13 Å². The summed E-state index contributed by atoms with van der Waals surface area (Å²) < 4.78 is 4.93. The molecule has 0 bridgehead atoms. The number of hydrogen-bond donors (Lipinski definition) is 2. The summed E-state index contributed by atoms with van der Waals surface area (Å²) in [5, 5.41) is 6.51. The Hall–Kier alpha value is -2.03. The van der Waals surface area contributed by atoms with Gasteiger partial charge in [0.15, 0.2) is 15.9 Å². The number of hydrogen-bond acceptors (Lipinski definition) is 6. The van der Waals surface area contributed by atoms with E-state index >= 15 is 0 Å².